The van der Waals surface area contributed by atoms with Gasteiger partial charge in [-0.3, -0.25) is 4.79 Å². The van der Waals surface area contributed by atoms with Crippen molar-refractivity contribution in [2.75, 3.05) is 13.7 Å². The van der Waals surface area contributed by atoms with Gasteiger partial charge in [0.25, 0.3) is 5.91 Å². The van der Waals surface area contributed by atoms with Gasteiger partial charge in [0, 0.05) is 13.7 Å². The number of nitrogens with one attached hydrogen (secondary N) is 1. The summed E-state index contributed by atoms with van der Waals surface area (Å²) in [5.74, 6) is 0.955. The molecule has 5 heteroatoms. The molecule has 0 saturated carbocycles. The molecule has 2 atom stereocenters. The largest absolute Gasteiger partial charge is 0.372 e. The first kappa shape index (κ1) is 14.1. The first-order chi connectivity index (χ1) is 10.2. The summed E-state index contributed by atoms with van der Waals surface area (Å²) in [5.41, 5.74) is 1.97. The number of ether oxygens (including phenoxy) is 1. The molecule has 3 rings (SSSR count). The normalized spacial score (nSPS) is 20.1. The zero-order valence-corrected chi connectivity index (χ0v) is 12.5. The topological polar surface area (TPSA) is 58.2 Å². The third kappa shape index (κ3) is 2.53. The lowest BCUT2D eigenvalue weighted by Crippen LogP contribution is -2.39. The van der Waals surface area contributed by atoms with E-state index in [0.717, 1.165) is 36.2 Å². The molecular formula is C16H21N3O2. The van der Waals surface area contributed by atoms with Crippen LogP contribution in [0, 0.1) is 0 Å². The summed E-state index contributed by atoms with van der Waals surface area (Å²) >= 11 is 0. The average Bonchev–Trinajstić information content (AvgIpc) is 3.14. The smallest absolute Gasteiger partial charge is 0.252 e. The van der Waals surface area contributed by atoms with Crippen molar-refractivity contribution in [1.29, 1.82) is 0 Å². The molecule has 1 N–H and O–H groups in total. The lowest BCUT2D eigenvalue weighted by Gasteiger charge is -2.26. The van der Waals surface area contributed by atoms with Crippen LogP contribution >= 0.6 is 0 Å². The molecule has 0 bridgehead atoms. The van der Waals surface area contributed by atoms with Crippen LogP contribution < -0.4 is 0 Å². The van der Waals surface area contributed by atoms with Crippen LogP contribution in [-0.2, 0) is 9.53 Å². The van der Waals surface area contributed by atoms with Gasteiger partial charge in [0.05, 0.1) is 17.1 Å². The van der Waals surface area contributed by atoms with Crippen LogP contribution in [0.4, 0.5) is 0 Å². The van der Waals surface area contributed by atoms with E-state index in [1.807, 2.05) is 36.1 Å². The first-order valence-electron chi connectivity index (χ1n) is 7.52. The van der Waals surface area contributed by atoms with E-state index in [1.165, 1.54) is 0 Å². The molecule has 21 heavy (non-hydrogen) atoms. The van der Waals surface area contributed by atoms with E-state index in [2.05, 4.69) is 9.97 Å². The first-order valence-corrected chi connectivity index (χ1v) is 7.52. The highest BCUT2D eigenvalue weighted by Gasteiger charge is 2.35. The summed E-state index contributed by atoms with van der Waals surface area (Å²) in [6, 6.07) is 7.99. The van der Waals surface area contributed by atoms with Gasteiger partial charge < -0.3 is 14.6 Å². The van der Waals surface area contributed by atoms with Crippen molar-refractivity contribution in [3.05, 3.63) is 30.1 Å². The van der Waals surface area contributed by atoms with Crippen LogP contribution in [0.15, 0.2) is 24.3 Å². The Morgan fingerprint density at radius 1 is 1.52 bits per heavy atom. The minimum atomic E-state index is -0.352. The van der Waals surface area contributed by atoms with E-state index in [0.29, 0.717) is 6.42 Å². The van der Waals surface area contributed by atoms with E-state index in [1.54, 1.807) is 7.11 Å². The van der Waals surface area contributed by atoms with Gasteiger partial charge in [0.2, 0.25) is 0 Å². The summed E-state index contributed by atoms with van der Waals surface area (Å²) < 4.78 is 5.29. The molecule has 1 fully saturated rings. The number of carbonyl (C=O) groups is 1. The number of rotatable bonds is 4. The Bertz CT molecular complexity index is 600. The summed E-state index contributed by atoms with van der Waals surface area (Å²) in [7, 11) is 1.60. The molecule has 5 nitrogen and oxygen atoms in total. The molecule has 112 valence electrons. The molecule has 1 aromatic carbocycles. The van der Waals surface area contributed by atoms with Crippen molar-refractivity contribution in [2.24, 2.45) is 0 Å². The standard InChI is InChI=1S/C16H21N3O2/c1-3-14(21-2)16(20)19-10-6-9-13(19)15-17-11-7-4-5-8-12(11)18-15/h4-5,7-8,13-14H,3,6,9-10H2,1-2H3,(H,17,18)/t13-,14+/m1/s1. The number of aromatic nitrogens is 2. The quantitative estimate of drug-likeness (QED) is 0.940. The van der Waals surface area contributed by atoms with Gasteiger partial charge in [-0.1, -0.05) is 19.1 Å². The van der Waals surface area contributed by atoms with Gasteiger partial charge in [-0.2, -0.15) is 0 Å². The Kier molecular flexibility index (Phi) is 3.92. The number of para-hydroxylation sites is 2. The van der Waals surface area contributed by atoms with Gasteiger partial charge in [-0.15, -0.1) is 0 Å². The minimum absolute atomic E-state index is 0.0362. The van der Waals surface area contributed by atoms with Gasteiger partial charge in [0.15, 0.2) is 0 Å². The molecule has 0 radical (unpaired) electrons. The number of carbonyl (C=O) groups excluding carboxylic acids is 1. The molecule has 1 amide bonds. The molecule has 2 heterocycles. The van der Waals surface area contributed by atoms with Gasteiger partial charge >= 0.3 is 0 Å². The van der Waals surface area contributed by atoms with E-state index >= 15 is 0 Å². The summed E-state index contributed by atoms with van der Waals surface area (Å²) in [6.45, 7) is 2.75. The number of hydrogen-bond donors (Lipinski definition) is 1. The summed E-state index contributed by atoms with van der Waals surface area (Å²) in [4.78, 5) is 22.5. The van der Waals surface area contributed by atoms with Crippen molar-refractivity contribution >= 4 is 16.9 Å². The number of benzene rings is 1. The van der Waals surface area contributed by atoms with Crippen LogP contribution in [0.5, 0.6) is 0 Å². The van der Waals surface area contributed by atoms with E-state index < -0.39 is 0 Å². The van der Waals surface area contributed by atoms with Crippen molar-refractivity contribution < 1.29 is 9.53 Å². The zero-order valence-electron chi connectivity index (χ0n) is 12.5. The predicted molar refractivity (Wildman–Crippen MR) is 80.9 cm³/mol. The summed E-state index contributed by atoms with van der Waals surface area (Å²) in [6.07, 6.45) is 2.30. The number of H-pyrrole nitrogens is 1. The number of imidazole rings is 1. The number of fused-ring (bicyclic) bond motifs is 1. The van der Waals surface area contributed by atoms with Crippen LogP contribution in [0.2, 0.25) is 0 Å². The molecule has 1 aliphatic heterocycles. The highest BCUT2D eigenvalue weighted by Crippen LogP contribution is 2.32. The number of aromatic amines is 1. The summed E-state index contributed by atoms with van der Waals surface area (Å²) in [5, 5.41) is 0. The predicted octanol–water partition coefficient (Wildman–Crippen LogP) is 2.65. The molecule has 1 aliphatic rings. The monoisotopic (exact) mass is 287 g/mol. The van der Waals surface area contributed by atoms with E-state index in [9.17, 15) is 4.79 Å². The van der Waals surface area contributed by atoms with Crippen molar-refractivity contribution in [2.45, 2.75) is 38.3 Å². The van der Waals surface area contributed by atoms with Crippen LogP contribution in [0.3, 0.4) is 0 Å². The van der Waals surface area contributed by atoms with Crippen molar-refractivity contribution in [3.63, 3.8) is 0 Å². The van der Waals surface area contributed by atoms with Gasteiger partial charge in [-0.25, -0.2) is 4.98 Å². The Hall–Kier alpha value is -1.88. The number of methoxy groups -OCH3 is 1. The molecule has 1 aromatic heterocycles. The number of nitrogens with zero attached hydrogens (tertiary/aromatic N) is 2. The molecule has 0 unspecified atom stereocenters. The van der Waals surface area contributed by atoms with Crippen molar-refractivity contribution in [1.82, 2.24) is 14.9 Å². The Labute approximate surface area is 124 Å². The van der Waals surface area contributed by atoms with Crippen LogP contribution in [-0.4, -0.2) is 40.5 Å². The highest BCUT2D eigenvalue weighted by molar-refractivity contribution is 5.82. The van der Waals surface area contributed by atoms with Crippen LogP contribution in [0.1, 0.15) is 38.1 Å². The third-order valence-corrected chi connectivity index (χ3v) is 4.19. The molecule has 0 aliphatic carbocycles. The van der Waals surface area contributed by atoms with Gasteiger partial charge in [0.1, 0.15) is 11.9 Å². The fraction of sp³-hybridized carbons (Fsp3) is 0.500. The average molecular weight is 287 g/mol. The fourth-order valence-electron chi connectivity index (χ4n) is 3.07. The number of hydrogen-bond acceptors (Lipinski definition) is 3. The number of likely N-dealkylation sites (tertiary alicyclic amines) is 1. The Balaban J connectivity index is 1.88. The SMILES string of the molecule is CC[C@H](OC)C(=O)N1CCC[C@@H]1c1nc2ccccc2[nH]1. The minimum Gasteiger partial charge on any atom is -0.372 e. The Morgan fingerprint density at radius 2 is 2.33 bits per heavy atom. The Morgan fingerprint density at radius 3 is 3.05 bits per heavy atom. The highest BCUT2D eigenvalue weighted by atomic mass is 16.5. The molecule has 1 saturated heterocycles. The maximum Gasteiger partial charge on any atom is 0.252 e. The fourth-order valence-corrected chi connectivity index (χ4v) is 3.07. The van der Waals surface area contributed by atoms with Gasteiger partial charge in [-0.05, 0) is 31.4 Å². The second-order valence-corrected chi connectivity index (χ2v) is 5.46. The van der Waals surface area contributed by atoms with E-state index in [4.69, 9.17) is 4.74 Å². The second kappa shape index (κ2) is 5.85. The molecule has 2 aromatic rings. The number of amides is 1. The third-order valence-electron chi connectivity index (χ3n) is 4.19. The second-order valence-electron chi connectivity index (χ2n) is 5.46. The van der Waals surface area contributed by atoms with Crippen LogP contribution in [0.25, 0.3) is 11.0 Å². The maximum absolute atomic E-state index is 12.6. The lowest BCUT2D eigenvalue weighted by atomic mass is 10.2. The molecule has 0 spiro atoms. The van der Waals surface area contributed by atoms with Crippen molar-refractivity contribution in [3.8, 4) is 0 Å². The molecular weight excluding hydrogens is 266 g/mol. The maximum atomic E-state index is 12.6. The zero-order chi connectivity index (χ0) is 14.8. The van der Waals surface area contributed by atoms with E-state index in [-0.39, 0.29) is 18.1 Å². The lowest BCUT2D eigenvalue weighted by molar-refractivity contribution is -0.143.